The van der Waals surface area contributed by atoms with Gasteiger partial charge in [0.1, 0.15) is 11.5 Å². The molecule has 0 unspecified atom stereocenters. The number of nitrogens with two attached hydrogens (primary N) is 1. The van der Waals surface area contributed by atoms with Crippen molar-refractivity contribution in [3.63, 3.8) is 0 Å². The highest BCUT2D eigenvalue weighted by molar-refractivity contribution is 5.56. The highest BCUT2D eigenvalue weighted by Crippen LogP contribution is 2.45. The molecule has 2 aliphatic rings. The number of benzene rings is 1. The molecule has 3 N–H and O–H groups in total. The van der Waals surface area contributed by atoms with E-state index in [0.717, 1.165) is 61.8 Å². The first kappa shape index (κ1) is 13.7. The summed E-state index contributed by atoms with van der Waals surface area (Å²) in [5, 5.41) is 10.7. The summed E-state index contributed by atoms with van der Waals surface area (Å²) in [4.78, 5) is 0. The average molecular weight is 275 g/mol. The van der Waals surface area contributed by atoms with Gasteiger partial charge in [-0.1, -0.05) is 19.3 Å². The van der Waals surface area contributed by atoms with E-state index in [-0.39, 0.29) is 5.54 Å². The van der Waals surface area contributed by atoms with Crippen LogP contribution in [0.1, 0.15) is 61.6 Å². The molecule has 0 spiro atoms. The van der Waals surface area contributed by atoms with Crippen molar-refractivity contribution < 1.29 is 9.84 Å². The third-order valence-corrected chi connectivity index (χ3v) is 5.08. The number of methoxy groups -OCH3 is 1. The van der Waals surface area contributed by atoms with E-state index in [4.69, 9.17) is 10.5 Å². The van der Waals surface area contributed by atoms with Crippen LogP contribution in [0, 0.1) is 0 Å². The predicted octanol–water partition coefficient (Wildman–Crippen LogP) is 3.40. The lowest BCUT2D eigenvalue weighted by atomic mass is 9.75. The third kappa shape index (κ3) is 2.18. The molecule has 0 saturated heterocycles. The van der Waals surface area contributed by atoms with Gasteiger partial charge in [0.2, 0.25) is 0 Å². The van der Waals surface area contributed by atoms with Gasteiger partial charge < -0.3 is 15.6 Å². The first-order valence-corrected chi connectivity index (χ1v) is 7.87. The molecule has 0 aromatic heterocycles. The maximum atomic E-state index is 10.7. The standard InChI is InChI=1S/C17H25NO2/c1-20-15-11-14(17(18)9-5-2-6-10-17)16(19)13-8-4-3-7-12(13)15/h11,19H,2-10,18H2,1H3. The first-order valence-electron chi connectivity index (χ1n) is 7.87. The fraction of sp³-hybridized carbons (Fsp3) is 0.647. The van der Waals surface area contributed by atoms with Crippen molar-refractivity contribution in [2.45, 2.75) is 63.3 Å². The molecule has 2 aliphatic carbocycles. The van der Waals surface area contributed by atoms with Crippen molar-refractivity contribution in [1.82, 2.24) is 0 Å². The highest BCUT2D eigenvalue weighted by Gasteiger charge is 2.34. The Morgan fingerprint density at radius 1 is 1.05 bits per heavy atom. The van der Waals surface area contributed by atoms with Crippen molar-refractivity contribution in [2.24, 2.45) is 5.73 Å². The minimum absolute atomic E-state index is 0.373. The zero-order valence-electron chi connectivity index (χ0n) is 12.4. The molecule has 0 bridgehead atoms. The molecule has 1 aromatic rings. The molecular weight excluding hydrogens is 250 g/mol. The molecule has 0 heterocycles. The van der Waals surface area contributed by atoms with Gasteiger partial charge in [0.25, 0.3) is 0 Å². The summed E-state index contributed by atoms with van der Waals surface area (Å²) in [6.45, 7) is 0. The molecule has 0 amide bonds. The number of ether oxygens (including phenoxy) is 1. The quantitative estimate of drug-likeness (QED) is 0.869. The Hall–Kier alpha value is -1.22. The lowest BCUT2D eigenvalue weighted by Crippen LogP contribution is -2.39. The van der Waals surface area contributed by atoms with Crippen LogP contribution in [0.4, 0.5) is 0 Å². The molecular formula is C17H25NO2. The Bertz CT molecular complexity index is 504. The van der Waals surface area contributed by atoms with Gasteiger partial charge in [0.15, 0.2) is 0 Å². The van der Waals surface area contributed by atoms with Gasteiger partial charge in [0, 0.05) is 22.2 Å². The monoisotopic (exact) mass is 275 g/mol. The molecule has 20 heavy (non-hydrogen) atoms. The molecule has 0 aliphatic heterocycles. The molecule has 0 radical (unpaired) electrons. The minimum Gasteiger partial charge on any atom is -0.507 e. The molecule has 1 saturated carbocycles. The Labute approximate surface area is 121 Å². The summed E-state index contributed by atoms with van der Waals surface area (Å²) in [6.07, 6.45) is 9.74. The Kier molecular flexibility index (Phi) is 3.63. The van der Waals surface area contributed by atoms with Crippen molar-refractivity contribution in [3.8, 4) is 11.5 Å². The van der Waals surface area contributed by atoms with Crippen LogP contribution in [0.25, 0.3) is 0 Å². The van der Waals surface area contributed by atoms with Crippen LogP contribution in [-0.2, 0) is 18.4 Å². The SMILES string of the molecule is COc1cc(C2(N)CCCCC2)c(O)c2c1CCCC2. The number of hydrogen-bond acceptors (Lipinski definition) is 3. The van der Waals surface area contributed by atoms with Gasteiger partial charge in [-0.05, 0) is 44.6 Å². The maximum Gasteiger partial charge on any atom is 0.124 e. The smallest absolute Gasteiger partial charge is 0.124 e. The van der Waals surface area contributed by atoms with Crippen molar-refractivity contribution >= 4 is 0 Å². The fourth-order valence-corrected chi connectivity index (χ4v) is 3.90. The topological polar surface area (TPSA) is 55.5 Å². The predicted molar refractivity (Wildman–Crippen MR) is 80.3 cm³/mol. The van der Waals surface area contributed by atoms with Crippen molar-refractivity contribution in [1.29, 1.82) is 0 Å². The van der Waals surface area contributed by atoms with E-state index in [2.05, 4.69) is 0 Å². The lowest BCUT2D eigenvalue weighted by molar-refractivity contribution is 0.288. The van der Waals surface area contributed by atoms with E-state index in [9.17, 15) is 5.11 Å². The summed E-state index contributed by atoms with van der Waals surface area (Å²) in [7, 11) is 1.72. The zero-order valence-corrected chi connectivity index (χ0v) is 12.4. The summed E-state index contributed by atoms with van der Waals surface area (Å²) in [5.41, 5.74) is 9.44. The Balaban J connectivity index is 2.11. The largest absolute Gasteiger partial charge is 0.507 e. The number of fused-ring (bicyclic) bond motifs is 1. The van der Waals surface area contributed by atoms with Gasteiger partial charge in [0.05, 0.1) is 7.11 Å². The lowest BCUT2D eigenvalue weighted by Gasteiger charge is -2.36. The van der Waals surface area contributed by atoms with Gasteiger partial charge in [-0.2, -0.15) is 0 Å². The number of phenols is 1. The van der Waals surface area contributed by atoms with E-state index < -0.39 is 0 Å². The van der Waals surface area contributed by atoms with Gasteiger partial charge in [-0.25, -0.2) is 0 Å². The van der Waals surface area contributed by atoms with Crippen LogP contribution in [0.3, 0.4) is 0 Å². The molecule has 1 fully saturated rings. The fourth-order valence-electron chi connectivity index (χ4n) is 3.90. The first-order chi connectivity index (χ1) is 9.65. The van der Waals surface area contributed by atoms with Gasteiger partial charge >= 0.3 is 0 Å². The summed E-state index contributed by atoms with van der Waals surface area (Å²) < 4.78 is 5.58. The summed E-state index contributed by atoms with van der Waals surface area (Å²) >= 11 is 0. The normalized spacial score (nSPS) is 21.3. The highest BCUT2D eigenvalue weighted by atomic mass is 16.5. The Morgan fingerprint density at radius 2 is 1.70 bits per heavy atom. The van der Waals surface area contributed by atoms with Crippen LogP contribution in [0.5, 0.6) is 11.5 Å². The van der Waals surface area contributed by atoms with E-state index in [1.54, 1.807) is 7.11 Å². The second-order valence-electron chi connectivity index (χ2n) is 6.36. The van der Waals surface area contributed by atoms with E-state index >= 15 is 0 Å². The van der Waals surface area contributed by atoms with Crippen molar-refractivity contribution in [2.75, 3.05) is 7.11 Å². The summed E-state index contributed by atoms with van der Waals surface area (Å²) in [6, 6.07) is 2.00. The van der Waals surface area contributed by atoms with Gasteiger partial charge in [-0.3, -0.25) is 0 Å². The number of rotatable bonds is 2. The zero-order chi connectivity index (χ0) is 14.2. The van der Waals surface area contributed by atoms with Crippen LogP contribution in [0.2, 0.25) is 0 Å². The molecule has 3 rings (SSSR count). The van der Waals surface area contributed by atoms with Crippen LogP contribution >= 0.6 is 0 Å². The van der Waals surface area contributed by atoms with E-state index in [1.807, 2.05) is 6.07 Å². The molecule has 0 atom stereocenters. The van der Waals surface area contributed by atoms with Crippen LogP contribution < -0.4 is 10.5 Å². The van der Waals surface area contributed by atoms with Crippen LogP contribution in [-0.4, -0.2) is 12.2 Å². The third-order valence-electron chi connectivity index (χ3n) is 5.08. The van der Waals surface area contributed by atoms with E-state index in [1.165, 1.54) is 18.4 Å². The Morgan fingerprint density at radius 3 is 2.35 bits per heavy atom. The molecule has 110 valence electrons. The van der Waals surface area contributed by atoms with Gasteiger partial charge in [-0.15, -0.1) is 0 Å². The molecule has 3 heteroatoms. The number of aromatic hydroxyl groups is 1. The van der Waals surface area contributed by atoms with Crippen LogP contribution in [0.15, 0.2) is 6.07 Å². The van der Waals surface area contributed by atoms with E-state index in [0.29, 0.717) is 5.75 Å². The maximum absolute atomic E-state index is 10.7. The molecule has 3 nitrogen and oxygen atoms in total. The second-order valence-corrected chi connectivity index (χ2v) is 6.36. The van der Waals surface area contributed by atoms with Crippen molar-refractivity contribution in [3.05, 3.63) is 22.8 Å². The minimum atomic E-state index is -0.373. The number of hydrogen-bond donors (Lipinski definition) is 2. The summed E-state index contributed by atoms with van der Waals surface area (Å²) in [5.74, 6) is 1.37. The molecule has 1 aromatic carbocycles. The average Bonchev–Trinajstić information content (AvgIpc) is 2.48. The number of phenolic OH excluding ortho intramolecular Hbond substituents is 1. The second kappa shape index (κ2) is 5.28.